The van der Waals surface area contributed by atoms with Crippen LogP contribution in [0.25, 0.3) is 11.3 Å². The number of carboxylic acid groups (broad SMARTS) is 1. The predicted octanol–water partition coefficient (Wildman–Crippen LogP) is 2.08. The molecule has 0 unspecified atom stereocenters. The molecule has 2 rings (SSSR count). The molecule has 0 aliphatic rings. The minimum atomic E-state index is -0.930. The van der Waals surface area contributed by atoms with Gasteiger partial charge in [-0.15, -0.1) is 0 Å². The minimum absolute atomic E-state index is 0.0751. The number of benzene rings is 1. The van der Waals surface area contributed by atoms with Crippen LogP contribution in [0.1, 0.15) is 12.0 Å². The third-order valence-electron chi connectivity index (χ3n) is 3.30. The van der Waals surface area contributed by atoms with Crippen LogP contribution >= 0.6 is 0 Å². The van der Waals surface area contributed by atoms with Crippen LogP contribution in [0.15, 0.2) is 35.1 Å². The SMILES string of the molecule is COc1ccc(-c2ccc(CCC(=O)O)c(=O)[nH]2)c(OC)c1. The summed E-state index contributed by atoms with van der Waals surface area (Å²) in [6.07, 6.45) is 0.124. The van der Waals surface area contributed by atoms with Gasteiger partial charge in [-0.3, -0.25) is 9.59 Å². The molecule has 22 heavy (non-hydrogen) atoms. The summed E-state index contributed by atoms with van der Waals surface area (Å²) < 4.78 is 10.4. The van der Waals surface area contributed by atoms with Crippen LogP contribution in [0.5, 0.6) is 11.5 Å². The van der Waals surface area contributed by atoms with Crippen molar-refractivity contribution in [3.63, 3.8) is 0 Å². The van der Waals surface area contributed by atoms with Gasteiger partial charge in [-0.1, -0.05) is 6.07 Å². The molecular weight excluding hydrogens is 286 g/mol. The Bertz CT molecular complexity index is 736. The minimum Gasteiger partial charge on any atom is -0.497 e. The van der Waals surface area contributed by atoms with Crippen LogP contribution in [0.4, 0.5) is 0 Å². The van der Waals surface area contributed by atoms with E-state index >= 15 is 0 Å². The van der Waals surface area contributed by atoms with Crippen molar-refractivity contribution in [2.45, 2.75) is 12.8 Å². The first-order chi connectivity index (χ1) is 10.5. The summed E-state index contributed by atoms with van der Waals surface area (Å²) in [5.41, 5.74) is 1.48. The first-order valence-electron chi connectivity index (χ1n) is 6.71. The zero-order valence-corrected chi connectivity index (χ0v) is 12.4. The number of hydrogen-bond donors (Lipinski definition) is 2. The van der Waals surface area contributed by atoms with E-state index in [1.54, 1.807) is 37.4 Å². The van der Waals surface area contributed by atoms with E-state index in [1.807, 2.05) is 0 Å². The fourth-order valence-electron chi connectivity index (χ4n) is 2.12. The van der Waals surface area contributed by atoms with E-state index < -0.39 is 5.97 Å². The van der Waals surface area contributed by atoms with E-state index in [0.29, 0.717) is 22.8 Å². The number of methoxy groups -OCH3 is 2. The second-order valence-corrected chi connectivity index (χ2v) is 4.69. The van der Waals surface area contributed by atoms with Crippen molar-refractivity contribution in [1.82, 2.24) is 4.98 Å². The van der Waals surface area contributed by atoms with E-state index in [0.717, 1.165) is 5.56 Å². The number of hydrogen-bond acceptors (Lipinski definition) is 4. The largest absolute Gasteiger partial charge is 0.497 e. The number of nitrogens with one attached hydrogen (secondary N) is 1. The van der Waals surface area contributed by atoms with E-state index in [1.165, 1.54) is 7.11 Å². The molecule has 1 aromatic heterocycles. The Morgan fingerprint density at radius 1 is 1.18 bits per heavy atom. The first-order valence-corrected chi connectivity index (χ1v) is 6.71. The van der Waals surface area contributed by atoms with Crippen molar-refractivity contribution in [2.75, 3.05) is 14.2 Å². The van der Waals surface area contributed by atoms with Gasteiger partial charge in [0.2, 0.25) is 0 Å². The number of H-pyrrole nitrogens is 1. The molecule has 0 bridgehead atoms. The van der Waals surface area contributed by atoms with Crippen molar-refractivity contribution in [3.8, 4) is 22.8 Å². The molecule has 0 spiro atoms. The highest BCUT2D eigenvalue weighted by atomic mass is 16.5. The summed E-state index contributed by atoms with van der Waals surface area (Å²) in [6.45, 7) is 0. The van der Waals surface area contributed by atoms with Crippen molar-refractivity contribution >= 4 is 5.97 Å². The number of aromatic amines is 1. The monoisotopic (exact) mass is 303 g/mol. The molecule has 0 fully saturated rings. The maximum atomic E-state index is 12.0. The molecule has 1 aromatic carbocycles. The Morgan fingerprint density at radius 3 is 2.55 bits per heavy atom. The molecule has 0 amide bonds. The highest BCUT2D eigenvalue weighted by Gasteiger charge is 2.10. The smallest absolute Gasteiger partial charge is 0.303 e. The quantitative estimate of drug-likeness (QED) is 0.853. The van der Waals surface area contributed by atoms with Gasteiger partial charge in [0.05, 0.1) is 19.9 Å². The average molecular weight is 303 g/mol. The summed E-state index contributed by atoms with van der Waals surface area (Å²) in [5, 5.41) is 8.68. The fraction of sp³-hybridized carbons (Fsp3) is 0.250. The van der Waals surface area contributed by atoms with E-state index in [9.17, 15) is 9.59 Å². The van der Waals surface area contributed by atoms with Gasteiger partial charge in [0.1, 0.15) is 11.5 Å². The van der Waals surface area contributed by atoms with Gasteiger partial charge >= 0.3 is 5.97 Å². The number of carboxylic acids is 1. The van der Waals surface area contributed by atoms with Crippen molar-refractivity contribution in [2.24, 2.45) is 0 Å². The predicted molar refractivity (Wildman–Crippen MR) is 81.6 cm³/mol. The molecule has 6 heteroatoms. The third kappa shape index (κ3) is 3.46. The topological polar surface area (TPSA) is 88.6 Å². The number of aromatic nitrogens is 1. The maximum absolute atomic E-state index is 12.0. The molecule has 2 N–H and O–H groups in total. The van der Waals surface area contributed by atoms with Gasteiger partial charge in [-0.05, 0) is 24.6 Å². The Labute approximate surface area is 127 Å². The third-order valence-corrected chi connectivity index (χ3v) is 3.30. The summed E-state index contributed by atoms with van der Waals surface area (Å²) in [5.74, 6) is 0.301. The molecule has 116 valence electrons. The number of carbonyl (C=O) groups is 1. The van der Waals surface area contributed by atoms with Gasteiger partial charge in [-0.2, -0.15) is 0 Å². The first kappa shape index (κ1) is 15.6. The summed E-state index contributed by atoms with van der Waals surface area (Å²) in [6, 6.07) is 8.67. The Kier molecular flexibility index (Phi) is 4.83. The maximum Gasteiger partial charge on any atom is 0.303 e. The fourth-order valence-corrected chi connectivity index (χ4v) is 2.12. The van der Waals surface area contributed by atoms with E-state index in [4.69, 9.17) is 14.6 Å². The van der Waals surface area contributed by atoms with Gasteiger partial charge in [0.15, 0.2) is 0 Å². The molecular formula is C16H17NO5. The lowest BCUT2D eigenvalue weighted by Crippen LogP contribution is -2.14. The number of pyridine rings is 1. The van der Waals surface area contributed by atoms with E-state index in [2.05, 4.69) is 4.98 Å². The number of aryl methyl sites for hydroxylation is 1. The Hall–Kier alpha value is -2.76. The molecule has 0 aliphatic carbocycles. The van der Waals surface area contributed by atoms with Crippen molar-refractivity contribution in [1.29, 1.82) is 0 Å². The molecule has 1 heterocycles. The van der Waals surface area contributed by atoms with Crippen molar-refractivity contribution < 1.29 is 19.4 Å². The second-order valence-electron chi connectivity index (χ2n) is 4.69. The highest BCUT2D eigenvalue weighted by Crippen LogP contribution is 2.31. The van der Waals surface area contributed by atoms with Crippen LogP contribution in [-0.2, 0) is 11.2 Å². The lowest BCUT2D eigenvalue weighted by Gasteiger charge is -2.10. The summed E-state index contributed by atoms with van der Waals surface area (Å²) >= 11 is 0. The van der Waals surface area contributed by atoms with Gasteiger partial charge in [0, 0.05) is 23.6 Å². The summed E-state index contributed by atoms with van der Waals surface area (Å²) in [4.78, 5) is 25.4. The molecule has 6 nitrogen and oxygen atoms in total. The zero-order valence-electron chi connectivity index (χ0n) is 12.4. The second kappa shape index (κ2) is 6.80. The zero-order chi connectivity index (χ0) is 16.1. The standard InChI is InChI=1S/C16H17NO5/c1-21-11-5-6-12(14(9-11)22-2)13-7-3-10(16(20)17-13)4-8-15(18)19/h3,5-7,9H,4,8H2,1-2H3,(H,17,20)(H,18,19). The lowest BCUT2D eigenvalue weighted by atomic mass is 10.1. The van der Waals surface area contributed by atoms with Crippen LogP contribution < -0.4 is 15.0 Å². The molecule has 2 aromatic rings. The summed E-state index contributed by atoms with van der Waals surface area (Å²) in [7, 11) is 3.10. The number of ether oxygens (including phenoxy) is 2. The number of rotatable bonds is 6. The van der Waals surface area contributed by atoms with Crippen LogP contribution in [0.3, 0.4) is 0 Å². The highest BCUT2D eigenvalue weighted by molar-refractivity contribution is 5.69. The lowest BCUT2D eigenvalue weighted by molar-refractivity contribution is -0.136. The van der Waals surface area contributed by atoms with E-state index in [-0.39, 0.29) is 18.4 Å². The Balaban J connectivity index is 2.36. The molecule has 0 saturated carbocycles. The molecule has 0 saturated heterocycles. The van der Waals surface area contributed by atoms with Crippen LogP contribution in [-0.4, -0.2) is 30.3 Å². The molecule has 0 radical (unpaired) electrons. The van der Waals surface area contributed by atoms with Gasteiger partial charge in [-0.25, -0.2) is 0 Å². The van der Waals surface area contributed by atoms with Gasteiger partial charge in [0.25, 0.3) is 5.56 Å². The number of aliphatic carboxylic acids is 1. The van der Waals surface area contributed by atoms with Crippen molar-refractivity contribution in [3.05, 3.63) is 46.2 Å². The van der Waals surface area contributed by atoms with Gasteiger partial charge < -0.3 is 19.6 Å². The van der Waals surface area contributed by atoms with Crippen LogP contribution in [0, 0.1) is 0 Å². The molecule has 0 atom stereocenters. The molecule has 0 aliphatic heterocycles. The Morgan fingerprint density at radius 2 is 1.95 bits per heavy atom. The average Bonchev–Trinajstić information content (AvgIpc) is 2.52. The van der Waals surface area contributed by atoms with Crippen LogP contribution in [0.2, 0.25) is 0 Å². The normalized spacial score (nSPS) is 10.3.